The molecule has 0 amide bonds. The van der Waals surface area contributed by atoms with Gasteiger partial charge in [0, 0.05) is 5.75 Å². The molecule has 2 aromatic carbocycles. The first-order chi connectivity index (χ1) is 12.7. The fraction of sp³-hybridized carbons (Fsp3) is 0.300. The summed E-state index contributed by atoms with van der Waals surface area (Å²) in [6.45, 7) is 2.86. The predicted molar refractivity (Wildman–Crippen MR) is 104 cm³/mol. The number of aromatic amines is 1. The predicted octanol–water partition coefficient (Wildman–Crippen LogP) is 4.23. The van der Waals surface area contributed by atoms with Crippen molar-refractivity contribution in [3.05, 3.63) is 54.1 Å². The maximum absolute atomic E-state index is 11.5. The van der Waals surface area contributed by atoms with Gasteiger partial charge in [0.2, 0.25) is 0 Å². The highest BCUT2D eigenvalue weighted by Gasteiger charge is 2.05. The van der Waals surface area contributed by atoms with Gasteiger partial charge in [-0.2, -0.15) is 0 Å². The Balaban J connectivity index is 1.37. The lowest BCUT2D eigenvalue weighted by atomic mass is 10.1. The monoisotopic (exact) mass is 370 g/mol. The summed E-state index contributed by atoms with van der Waals surface area (Å²) in [5, 5.41) is 0.939. The zero-order chi connectivity index (χ0) is 18.2. The van der Waals surface area contributed by atoms with Crippen LogP contribution in [0.25, 0.3) is 11.0 Å². The third kappa shape index (κ3) is 5.26. The Morgan fingerprint density at radius 1 is 1.15 bits per heavy atom. The number of nitrogens with one attached hydrogen (secondary N) is 1. The highest BCUT2D eigenvalue weighted by atomic mass is 32.2. The van der Waals surface area contributed by atoms with Gasteiger partial charge >= 0.3 is 5.97 Å². The van der Waals surface area contributed by atoms with E-state index in [1.165, 1.54) is 0 Å². The number of carbonyl (C=O) groups excluding carboxylic acids is 1. The summed E-state index contributed by atoms with van der Waals surface area (Å²) in [5.74, 6) is 1.54. The molecule has 0 atom stereocenters. The highest BCUT2D eigenvalue weighted by Crippen LogP contribution is 2.20. The molecule has 26 heavy (non-hydrogen) atoms. The molecule has 0 unspecified atom stereocenters. The standard InChI is InChI=1S/C20H22N2O3S/c1-2-24-19(23)14-15-8-10-16(11-9-15)25-12-5-13-26-20-21-17-6-3-4-7-18(17)22-20/h3-4,6-11H,2,5,12-14H2,1H3,(H,21,22). The fourth-order valence-electron chi connectivity index (χ4n) is 2.50. The molecule has 6 heteroatoms. The topological polar surface area (TPSA) is 64.2 Å². The van der Waals surface area contributed by atoms with Crippen LogP contribution in [-0.4, -0.2) is 34.9 Å². The number of nitrogens with zero attached hydrogens (tertiary/aromatic N) is 1. The number of imidazole rings is 1. The summed E-state index contributed by atoms with van der Waals surface area (Å²) in [4.78, 5) is 19.3. The Bertz CT molecular complexity index is 813. The minimum Gasteiger partial charge on any atom is -0.494 e. The molecule has 0 saturated carbocycles. The number of fused-ring (bicyclic) bond motifs is 1. The van der Waals surface area contributed by atoms with Gasteiger partial charge in [-0.15, -0.1) is 0 Å². The van der Waals surface area contributed by atoms with E-state index in [1.54, 1.807) is 18.7 Å². The van der Waals surface area contributed by atoms with E-state index in [0.717, 1.165) is 39.7 Å². The van der Waals surface area contributed by atoms with E-state index in [9.17, 15) is 4.79 Å². The summed E-state index contributed by atoms with van der Waals surface area (Å²) >= 11 is 1.70. The number of H-pyrrole nitrogens is 1. The van der Waals surface area contributed by atoms with E-state index in [0.29, 0.717) is 19.6 Å². The van der Waals surface area contributed by atoms with Crippen LogP contribution in [0.2, 0.25) is 0 Å². The van der Waals surface area contributed by atoms with Crippen LogP contribution in [0, 0.1) is 0 Å². The lowest BCUT2D eigenvalue weighted by Crippen LogP contribution is -2.07. The van der Waals surface area contributed by atoms with E-state index in [1.807, 2.05) is 48.5 Å². The molecule has 3 aromatic rings. The van der Waals surface area contributed by atoms with Crippen molar-refractivity contribution in [2.75, 3.05) is 19.0 Å². The van der Waals surface area contributed by atoms with Gasteiger partial charge in [-0.05, 0) is 43.2 Å². The number of aromatic nitrogens is 2. The molecular formula is C20H22N2O3S. The zero-order valence-corrected chi connectivity index (χ0v) is 15.6. The molecular weight excluding hydrogens is 348 g/mol. The van der Waals surface area contributed by atoms with Crippen molar-refractivity contribution in [2.45, 2.75) is 24.9 Å². The van der Waals surface area contributed by atoms with Crippen LogP contribution in [-0.2, 0) is 16.0 Å². The van der Waals surface area contributed by atoms with E-state index in [2.05, 4.69) is 9.97 Å². The van der Waals surface area contributed by atoms with Gasteiger partial charge in [0.1, 0.15) is 5.75 Å². The van der Waals surface area contributed by atoms with Crippen LogP contribution in [0.1, 0.15) is 18.9 Å². The molecule has 3 rings (SSSR count). The number of rotatable bonds is 9. The van der Waals surface area contributed by atoms with Crippen molar-refractivity contribution >= 4 is 28.8 Å². The summed E-state index contributed by atoms with van der Waals surface area (Å²) < 4.78 is 10.7. The minimum absolute atomic E-state index is 0.205. The van der Waals surface area contributed by atoms with Crippen LogP contribution in [0.4, 0.5) is 0 Å². The van der Waals surface area contributed by atoms with Crippen LogP contribution in [0.5, 0.6) is 5.75 Å². The molecule has 5 nitrogen and oxygen atoms in total. The maximum Gasteiger partial charge on any atom is 0.310 e. The third-order valence-electron chi connectivity index (χ3n) is 3.74. The molecule has 136 valence electrons. The largest absolute Gasteiger partial charge is 0.494 e. The number of thioether (sulfide) groups is 1. The van der Waals surface area contributed by atoms with Crippen molar-refractivity contribution in [1.82, 2.24) is 9.97 Å². The Morgan fingerprint density at radius 2 is 1.96 bits per heavy atom. The van der Waals surface area contributed by atoms with Gasteiger partial charge in [0.05, 0.1) is 30.7 Å². The van der Waals surface area contributed by atoms with Gasteiger partial charge in [-0.1, -0.05) is 36.0 Å². The zero-order valence-electron chi connectivity index (χ0n) is 14.7. The Kier molecular flexibility index (Phi) is 6.55. The van der Waals surface area contributed by atoms with Crippen LogP contribution < -0.4 is 4.74 Å². The molecule has 0 fully saturated rings. The highest BCUT2D eigenvalue weighted by molar-refractivity contribution is 7.99. The van der Waals surface area contributed by atoms with E-state index < -0.39 is 0 Å². The molecule has 1 N–H and O–H groups in total. The van der Waals surface area contributed by atoms with Crippen molar-refractivity contribution in [2.24, 2.45) is 0 Å². The first-order valence-electron chi connectivity index (χ1n) is 8.69. The number of hydrogen-bond donors (Lipinski definition) is 1. The van der Waals surface area contributed by atoms with E-state index >= 15 is 0 Å². The summed E-state index contributed by atoms with van der Waals surface area (Å²) in [7, 11) is 0. The molecule has 0 aliphatic rings. The second-order valence-corrected chi connectivity index (χ2v) is 6.82. The smallest absolute Gasteiger partial charge is 0.310 e. The second kappa shape index (κ2) is 9.29. The van der Waals surface area contributed by atoms with Crippen molar-refractivity contribution in [3.63, 3.8) is 0 Å². The molecule has 0 aliphatic heterocycles. The number of para-hydroxylation sites is 2. The van der Waals surface area contributed by atoms with Gasteiger partial charge in [-0.25, -0.2) is 4.98 Å². The normalized spacial score (nSPS) is 10.8. The van der Waals surface area contributed by atoms with E-state index in [4.69, 9.17) is 9.47 Å². The van der Waals surface area contributed by atoms with E-state index in [-0.39, 0.29) is 5.97 Å². The number of ether oxygens (including phenoxy) is 2. The van der Waals surface area contributed by atoms with Crippen LogP contribution >= 0.6 is 11.8 Å². The van der Waals surface area contributed by atoms with Gasteiger partial charge in [0.15, 0.2) is 5.16 Å². The molecule has 0 saturated heterocycles. The second-order valence-electron chi connectivity index (χ2n) is 5.74. The van der Waals surface area contributed by atoms with Crippen LogP contribution in [0.15, 0.2) is 53.7 Å². The summed E-state index contributed by atoms with van der Waals surface area (Å²) in [5.41, 5.74) is 2.99. The average Bonchev–Trinajstić information content (AvgIpc) is 3.06. The lowest BCUT2D eigenvalue weighted by molar-refractivity contribution is -0.142. The van der Waals surface area contributed by atoms with Gasteiger partial charge < -0.3 is 14.5 Å². The summed E-state index contributed by atoms with van der Waals surface area (Å²) in [6.07, 6.45) is 1.22. The summed E-state index contributed by atoms with van der Waals surface area (Å²) in [6, 6.07) is 15.6. The van der Waals surface area contributed by atoms with Crippen LogP contribution in [0.3, 0.4) is 0 Å². The van der Waals surface area contributed by atoms with Crippen molar-refractivity contribution in [1.29, 1.82) is 0 Å². The van der Waals surface area contributed by atoms with Crippen molar-refractivity contribution < 1.29 is 14.3 Å². The average molecular weight is 370 g/mol. The quantitative estimate of drug-likeness (QED) is 0.347. The number of esters is 1. The minimum atomic E-state index is -0.205. The Morgan fingerprint density at radius 3 is 2.73 bits per heavy atom. The SMILES string of the molecule is CCOC(=O)Cc1ccc(OCCCSc2nc3ccccc3[nH]2)cc1. The Hall–Kier alpha value is -2.47. The van der Waals surface area contributed by atoms with Crippen molar-refractivity contribution in [3.8, 4) is 5.75 Å². The first kappa shape index (κ1) is 18.3. The molecule has 0 aliphatic carbocycles. The molecule has 0 radical (unpaired) electrons. The lowest BCUT2D eigenvalue weighted by Gasteiger charge is -2.07. The number of carbonyl (C=O) groups is 1. The molecule has 0 bridgehead atoms. The third-order valence-corrected chi connectivity index (χ3v) is 4.70. The maximum atomic E-state index is 11.5. The van der Waals surface area contributed by atoms with Gasteiger partial charge in [-0.3, -0.25) is 4.79 Å². The van der Waals surface area contributed by atoms with Gasteiger partial charge in [0.25, 0.3) is 0 Å². The first-order valence-corrected chi connectivity index (χ1v) is 9.68. The molecule has 0 spiro atoms. The number of benzene rings is 2. The Labute approximate surface area is 157 Å². The molecule has 1 heterocycles. The fourth-order valence-corrected chi connectivity index (χ4v) is 3.30. The number of hydrogen-bond acceptors (Lipinski definition) is 5. The molecule has 1 aromatic heterocycles.